The zero-order valence-electron chi connectivity index (χ0n) is 10.6. The maximum Gasteiger partial charge on any atom is 0.131 e. The Hall–Kier alpha value is -0.740. The summed E-state index contributed by atoms with van der Waals surface area (Å²) in [7, 11) is 0. The van der Waals surface area contributed by atoms with Gasteiger partial charge in [-0.25, -0.2) is 0 Å². The molecule has 0 aromatic carbocycles. The minimum Gasteiger partial charge on any atom is -0.308 e. The van der Waals surface area contributed by atoms with Crippen LogP contribution in [0.5, 0.6) is 0 Å². The van der Waals surface area contributed by atoms with Gasteiger partial charge >= 0.3 is 0 Å². The van der Waals surface area contributed by atoms with E-state index in [1.807, 2.05) is 6.92 Å². The van der Waals surface area contributed by atoms with Crippen LogP contribution in [-0.2, 0) is 6.54 Å². The van der Waals surface area contributed by atoms with Gasteiger partial charge in [0.25, 0.3) is 0 Å². The molecule has 3 nitrogen and oxygen atoms in total. The smallest absolute Gasteiger partial charge is 0.131 e. The maximum absolute atomic E-state index is 4.09. The van der Waals surface area contributed by atoms with Gasteiger partial charge in [0, 0.05) is 12.6 Å². The third-order valence-electron chi connectivity index (χ3n) is 2.32. The van der Waals surface area contributed by atoms with Gasteiger partial charge in [-0.2, -0.15) is 0 Å². The fourth-order valence-corrected chi connectivity index (χ4v) is 2.05. The number of rotatable bonds is 6. The van der Waals surface area contributed by atoms with E-state index in [-0.39, 0.29) is 0 Å². The van der Waals surface area contributed by atoms with Gasteiger partial charge in [-0.15, -0.1) is 21.5 Å². The molecule has 0 fully saturated rings. The lowest BCUT2D eigenvalue weighted by molar-refractivity contribution is 0.515. The van der Waals surface area contributed by atoms with Crippen LogP contribution >= 0.6 is 11.3 Å². The molecule has 0 amide bonds. The first-order valence-electron chi connectivity index (χ1n) is 5.73. The Bertz CT molecular complexity index is 340. The Morgan fingerprint density at radius 3 is 2.75 bits per heavy atom. The van der Waals surface area contributed by atoms with E-state index in [0.717, 1.165) is 23.0 Å². The average molecular weight is 239 g/mol. The largest absolute Gasteiger partial charge is 0.308 e. The van der Waals surface area contributed by atoms with Crippen molar-refractivity contribution < 1.29 is 0 Å². The zero-order valence-corrected chi connectivity index (χ0v) is 11.4. The molecule has 1 atom stereocenters. The van der Waals surface area contributed by atoms with E-state index in [9.17, 15) is 0 Å². The molecule has 0 saturated heterocycles. The number of aromatic nitrogens is 2. The summed E-state index contributed by atoms with van der Waals surface area (Å²) in [6, 6.07) is 0.528. The second-order valence-electron chi connectivity index (χ2n) is 4.36. The summed E-state index contributed by atoms with van der Waals surface area (Å²) in [6.45, 7) is 9.32. The number of hydrogen-bond acceptors (Lipinski definition) is 4. The van der Waals surface area contributed by atoms with Crippen LogP contribution in [0.25, 0.3) is 0 Å². The minimum absolute atomic E-state index is 0.528. The number of allylic oxidation sites excluding steroid dienone is 2. The van der Waals surface area contributed by atoms with Crippen LogP contribution in [0.3, 0.4) is 0 Å². The summed E-state index contributed by atoms with van der Waals surface area (Å²) >= 11 is 1.66. The molecule has 4 heteroatoms. The quantitative estimate of drug-likeness (QED) is 0.775. The molecule has 0 saturated carbocycles. The number of aryl methyl sites for hydroxylation is 1. The van der Waals surface area contributed by atoms with Crippen molar-refractivity contribution in [2.45, 2.75) is 53.1 Å². The molecule has 0 radical (unpaired) electrons. The van der Waals surface area contributed by atoms with E-state index in [2.05, 4.69) is 42.4 Å². The predicted molar refractivity (Wildman–Crippen MR) is 69.6 cm³/mol. The van der Waals surface area contributed by atoms with E-state index in [4.69, 9.17) is 0 Å². The Balaban J connectivity index is 2.20. The van der Waals surface area contributed by atoms with Crippen molar-refractivity contribution in [1.29, 1.82) is 0 Å². The fourth-order valence-electron chi connectivity index (χ4n) is 1.39. The topological polar surface area (TPSA) is 37.8 Å². The van der Waals surface area contributed by atoms with Crippen molar-refractivity contribution in [3.05, 3.63) is 21.7 Å². The normalized spacial score (nSPS) is 12.5. The van der Waals surface area contributed by atoms with Crippen LogP contribution in [0.1, 0.15) is 43.6 Å². The van der Waals surface area contributed by atoms with Gasteiger partial charge in [-0.3, -0.25) is 0 Å². The van der Waals surface area contributed by atoms with Gasteiger partial charge in [-0.1, -0.05) is 11.6 Å². The first kappa shape index (κ1) is 13.3. The lowest BCUT2D eigenvalue weighted by Crippen LogP contribution is -2.25. The highest BCUT2D eigenvalue weighted by molar-refractivity contribution is 7.11. The van der Waals surface area contributed by atoms with Crippen LogP contribution in [-0.4, -0.2) is 16.2 Å². The number of nitrogens with zero attached hydrogens (tertiary/aromatic N) is 2. The summed E-state index contributed by atoms with van der Waals surface area (Å²) in [5, 5.41) is 13.7. The molecule has 90 valence electrons. The molecule has 0 bridgehead atoms. The van der Waals surface area contributed by atoms with E-state index < -0.39 is 0 Å². The van der Waals surface area contributed by atoms with Gasteiger partial charge in [-0.05, 0) is 40.5 Å². The first-order chi connectivity index (χ1) is 7.58. The fraction of sp³-hybridized carbons (Fsp3) is 0.667. The molecule has 1 unspecified atom stereocenters. The molecule has 1 rings (SSSR count). The van der Waals surface area contributed by atoms with Crippen LogP contribution < -0.4 is 5.32 Å². The molecule has 0 aliphatic rings. The summed E-state index contributed by atoms with van der Waals surface area (Å²) in [6.07, 6.45) is 4.60. The van der Waals surface area contributed by atoms with E-state index in [0.29, 0.717) is 6.04 Å². The molecule has 1 aromatic heterocycles. The van der Waals surface area contributed by atoms with Gasteiger partial charge < -0.3 is 5.32 Å². The van der Waals surface area contributed by atoms with E-state index in [1.165, 1.54) is 12.0 Å². The highest BCUT2D eigenvalue weighted by Crippen LogP contribution is 2.08. The highest BCUT2D eigenvalue weighted by Gasteiger charge is 2.03. The van der Waals surface area contributed by atoms with Crippen LogP contribution in [0.4, 0.5) is 0 Å². The van der Waals surface area contributed by atoms with Gasteiger partial charge in [0.2, 0.25) is 0 Å². The van der Waals surface area contributed by atoms with Gasteiger partial charge in [0.1, 0.15) is 10.0 Å². The molecule has 1 N–H and O–H groups in total. The lowest BCUT2D eigenvalue weighted by atomic mass is 10.1. The Morgan fingerprint density at radius 2 is 2.19 bits per heavy atom. The second kappa shape index (κ2) is 6.76. The number of nitrogens with one attached hydrogen (secondary N) is 1. The number of hydrogen-bond donors (Lipinski definition) is 1. The molecule has 0 aliphatic heterocycles. The van der Waals surface area contributed by atoms with Crippen molar-refractivity contribution in [3.63, 3.8) is 0 Å². The third-order valence-corrected chi connectivity index (χ3v) is 3.16. The second-order valence-corrected chi connectivity index (χ2v) is 5.62. The van der Waals surface area contributed by atoms with E-state index in [1.54, 1.807) is 11.3 Å². The SMILES string of the molecule is CC(C)=CCCC(C)NCc1nnc(C)s1. The molecule has 0 spiro atoms. The highest BCUT2D eigenvalue weighted by atomic mass is 32.1. The van der Waals surface area contributed by atoms with Crippen LogP contribution in [0.15, 0.2) is 11.6 Å². The first-order valence-corrected chi connectivity index (χ1v) is 6.55. The summed E-state index contributed by atoms with van der Waals surface area (Å²) in [5.74, 6) is 0. The molecule has 16 heavy (non-hydrogen) atoms. The predicted octanol–water partition coefficient (Wildman–Crippen LogP) is 3.07. The van der Waals surface area contributed by atoms with Crippen LogP contribution in [0, 0.1) is 6.92 Å². The molecular formula is C12H21N3S. The van der Waals surface area contributed by atoms with Crippen molar-refractivity contribution in [3.8, 4) is 0 Å². The minimum atomic E-state index is 0.528. The standard InChI is InChI=1S/C12H21N3S/c1-9(2)6-5-7-10(3)13-8-12-15-14-11(4)16-12/h6,10,13H,5,7-8H2,1-4H3. The van der Waals surface area contributed by atoms with Crippen molar-refractivity contribution in [1.82, 2.24) is 15.5 Å². The molecular weight excluding hydrogens is 218 g/mol. The maximum atomic E-state index is 4.09. The third kappa shape index (κ3) is 5.37. The van der Waals surface area contributed by atoms with Crippen molar-refractivity contribution in [2.24, 2.45) is 0 Å². The Morgan fingerprint density at radius 1 is 1.44 bits per heavy atom. The van der Waals surface area contributed by atoms with E-state index >= 15 is 0 Å². The summed E-state index contributed by atoms with van der Waals surface area (Å²) in [4.78, 5) is 0. The average Bonchev–Trinajstić information content (AvgIpc) is 2.61. The summed E-state index contributed by atoms with van der Waals surface area (Å²) < 4.78 is 0. The van der Waals surface area contributed by atoms with Crippen LogP contribution in [0.2, 0.25) is 0 Å². The molecule has 1 heterocycles. The summed E-state index contributed by atoms with van der Waals surface area (Å²) in [5.41, 5.74) is 1.40. The monoisotopic (exact) mass is 239 g/mol. The van der Waals surface area contributed by atoms with Gasteiger partial charge in [0.05, 0.1) is 0 Å². The molecule has 0 aliphatic carbocycles. The van der Waals surface area contributed by atoms with Crippen molar-refractivity contribution >= 4 is 11.3 Å². The Kier molecular flexibility index (Phi) is 5.63. The Labute approximate surface area is 102 Å². The van der Waals surface area contributed by atoms with Crippen molar-refractivity contribution in [2.75, 3.05) is 0 Å². The van der Waals surface area contributed by atoms with Gasteiger partial charge in [0.15, 0.2) is 0 Å². The lowest BCUT2D eigenvalue weighted by Gasteiger charge is -2.10. The molecule has 1 aromatic rings. The zero-order chi connectivity index (χ0) is 12.0.